The number of aromatic hydroxyl groups is 1. The number of nitriles is 1. The Balaban J connectivity index is 0.000000485. The molecule has 0 saturated heterocycles. The van der Waals surface area contributed by atoms with Crippen molar-refractivity contribution >= 4 is 0 Å². The topological polar surface area (TPSA) is 64.2 Å². The van der Waals surface area contributed by atoms with E-state index >= 15 is 0 Å². The summed E-state index contributed by atoms with van der Waals surface area (Å²) >= 11 is 0. The first-order chi connectivity index (χ1) is 11.0. The maximum atomic E-state index is 10.4. The van der Waals surface area contributed by atoms with Crippen LogP contribution >= 0.6 is 0 Å². The standard InChI is InChI=1S/C18H24O2.C2H3N/c1-18-9-8-14-13-5-3-12(19)10-11(13)2-4-15(14)16(18)6-7-17(18)20;1-2-3/h3,5,10,14-17,19-20H,2,4,6-9H2,1H3;1H3/t14-,15-,16+,17?,18+;/m1./s1. The van der Waals surface area contributed by atoms with Crippen molar-refractivity contribution in [2.24, 2.45) is 17.3 Å². The molecule has 0 heterocycles. The first-order valence-corrected chi connectivity index (χ1v) is 8.82. The maximum absolute atomic E-state index is 10.4. The summed E-state index contributed by atoms with van der Waals surface area (Å²) in [5.41, 5.74) is 2.99. The van der Waals surface area contributed by atoms with E-state index in [-0.39, 0.29) is 11.5 Å². The highest BCUT2D eigenvalue weighted by Gasteiger charge is 2.54. The first kappa shape index (κ1) is 16.3. The number of hydrogen-bond donors (Lipinski definition) is 2. The Bertz CT molecular complexity index is 621. The lowest BCUT2D eigenvalue weighted by Crippen LogP contribution is -2.43. The molecule has 0 aliphatic heterocycles. The molecule has 1 unspecified atom stereocenters. The van der Waals surface area contributed by atoms with E-state index in [9.17, 15) is 10.2 Å². The molecule has 0 spiro atoms. The minimum atomic E-state index is -0.0883. The van der Waals surface area contributed by atoms with Gasteiger partial charge in [-0.15, -0.1) is 0 Å². The van der Waals surface area contributed by atoms with E-state index in [1.54, 1.807) is 6.07 Å². The van der Waals surface area contributed by atoms with Crippen molar-refractivity contribution in [1.29, 1.82) is 5.26 Å². The Morgan fingerprint density at radius 3 is 2.70 bits per heavy atom. The quantitative estimate of drug-likeness (QED) is 0.756. The number of phenolic OH excluding ortho intramolecular Hbond substituents is 1. The summed E-state index contributed by atoms with van der Waals surface area (Å²) in [4.78, 5) is 0. The summed E-state index contributed by atoms with van der Waals surface area (Å²) in [6.45, 7) is 3.75. The fourth-order valence-corrected chi connectivity index (χ4v) is 5.54. The lowest BCUT2D eigenvalue weighted by Gasteiger charge is -2.50. The number of phenols is 1. The highest BCUT2D eigenvalue weighted by Crippen LogP contribution is 2.60. The Hall–Kier alpha value is -1.53. The predicted molar refractivity (Wildman–Crippen MR) is 90.0 cm³/mol. The number of aliphatic hydroxyl groups excluding tert-OH is 1. The average molecular weight is 313 g/mol. The maximum Gasteiger partial charge on any atom is 0.115 e. The molecule has 23 heavy (non-hydrogen) atoms. The number of nitrogens with zero attached hydrogens (tertiary/aromatic N) is 1. The zero-order valence-corrected chi connectivity index (χ0v) is 14.1. The Morgan fingerprint density at radius 1 is 1.22 bits per heavy atom. The summed E-state index contributed by atoms with van der Waals surface area (Å²) < 4.78 is 0. The molecule has 2 saturated carbocycles. The normalized spacial score (nSPS) is 37.5. The molecular formula is C20H27NO2. The van der Waals surface area contributed by atoms with Crippen LogP contribution in [0.5, 0.6) is 5.75 Å². The van der Waals surface area contributed by atoms with Crippen LogP contribution in [0.1, 0.15) is 63.0 Å². The van der Waals surface area contributed by atoms with E-state index in [0.717, 1.165) is 25.2 Å². The number of rotatable bonds is 0. The lowest BCUT2D eigenvalue weighted by atomic mass is 9.55. The van der Waals surface area contributed by atoms with Crippen LogP contribution < -0.4 is 0 Å². The van der Waals surface area contributed by atoms with Gasteiger partial charge < -0.3 is 10.2 Å². The van der Waals surface area contributed by atoms with Gasteiger partial charge in [0.2, 0.25) is 0 Å². The second-order valence-electron chi connectivity index (χ2n) is 7.66. The molecule has 4 rings (SSSR count). The minimum absolute atomic E-state index is 0.0883. The smallest absolute Gasteiger partial charge is 0.115 e. The largest absolute Gasteiger partial charge is 0.508 e. The molecule has 2 N–H and O–H groups in total. The Labute approximate surface area is 139 Å². The summed E-state index contributed by atoms with van der Waals surface area (Å²) in [6, 6.07) is 7.71. The summed E-state index contributed by atoms with van der Waals surface area (Å²) in [6.07, 6.45) is 6.78. The van der Waals surface area contributed by atoms with Gasteiger partial charge in [0.15, 0.2) is 0 Å². The molecular weight excluding hydrogens is 286 g/mol. The monoisotopic (exact) mass is 313 g/mol. The fourth-order valence-electron chi connectivity index (χ4n) is 5.54. The van der Waals surface area contributed by atoms with E-state index in [2.05, 4.69) is 13.0 Å². The second-order valence-corrected chi connectivity index (χ2v) is 7.66. The fraction of sp³-hybridized carbons (Fsp3) is 0.650. The molecule has 0 radical (unpaired) electrons. The first-order valence-electron chi connectivity index (χ1n) is 8.82. The van der Waals surface area contributed by atoms with Gasteiger partial charge in [-0.2, -0.15) is 5.26 Å². The van der Waals surface area contributed by atoms with Crippen molar-refractivity contribution in [2.45, 2.75) is 64.4 Å². The SMILES string of the molecule is CC#N.C[C@]12CC[C@@H]3c4ccc(O)cc4CC[C@H]3[C@@H]1CCC2O. The molecule has 0 amide bonds. The summed E-state index contributed by atoms with van der Waals surface area (Å²) in [7, 11) is 0. The lowest BCUT2D eigenvalue weighted by molar-refractivity contribution is -0.0226. The Morgan fingerprint density at radius 2 is 1.96 bits per heavy atom. The molecule has 5 atom stereocenters. The van der Waals surface area contributed by atoms with Crippen LogP contribution in [0.25, 0.3) is 0 Å². The molecule has 1 aromatic rings. The third-order valence-corrected chi connectivity index (χ3v) is 6.66. The van der Waals surface area contributed by atoms with Crippen molar-refractivity contribution in [2.75, 3.05) is 0 Å². The number of hydrogen-bond acceptors (Lipinski definition) is 3. The van der Waals surface area contributed by atoms with Crippen molar-refractivity contribution in [3.63, 3.8) is 0 Å². The van der Waals surface area contributed by atoms with Gasteiger partial charge in [0.1, 0.15) is 5.75 Å². The number of benzene rings is 1. The molecule has 3 heteroatoms. The van der Waals surface area contributed by atoms with Gasteiger partial charge in [0, 0.05) is 6.92 Å². The second kappa shape index (κ2) is 6.17. The zero-order valence-electron chi connectivity index (χ0n) is 14.1. The number of fused-ring (bicyclic) bond motifs is 5. The molecule has 3 nitrogen and oxygen atoms in total. The van der Waals surface area contributed by atoms with E-state index in [1.165, 1.54) is 37.3 Å². The van der Waals surface area contributed by atoms with Gasteiger partial charge in [0.25, 0.3) is 0 Å². The summed E-state index contributed by atoms with van der Waals surface area (Å²) in [5, 5.41) is 27.4. The van der Waals surface area contributed by atoms with Gasteiger partial charge in [0.05, 0.1) is 12.2 Å². The predicted octanol–water partition coefficient (Wildman–Crippen LogP) is 4.14. The van der Waals surface area contributed by atoms with Gasteiger partial charge in [-0.05, 0) is 85.0 Å². The van der Waals surface area contributed by atoms with Crippen LogP contribution in [0, 0.1) is 28.6 Å². The van der Waals surface area contributed by atoms with Crippen molar-refractivity contribution in [1.82, 2.24) is 0 Å². The van der Waals surface area contributed by atoms with Crippen molar-refractivity contribution in [3.8, 4) is 11.8 Å². The van der Waals surface area contributed by atoms with Crippen LogP contribution in [0.15, 0.2) is 18.2 Å². The molecule has 2 fully saturated rings. The zero-order chi connectivity index (χ0) is 16.6. The van der Waals surface area contributed by atoms with Gasteiger partial charge in [-0.25, -0.2) is 0 Å². The average Bonchev–Trinajstić information content (AvgIpc) is 2.83. The molecule has 0 bridgehead atoms. The minimum Gasteiger partial charge on any atom is -0.508 e. The summed E-state index contributed by atoms with van der Waals surface area (Å²) in [5.74, 6) is 2.49. The van der Waals surface area contributed by atoms with Gasteiger partial charge >= 0.3 is 0 Å². The van der Waals surface area contributed by atoms with E-state index in [4.69, 9.17) is 5.26 Å². The third-order valence-electron chi connectivity index (χ3n) is 6.66. The molecule has 1 aromatic carbocycles. The van der Waals surface area contributed by atoms with Gasteiger partial charge in [-0.1, -0.05) is 13.0 Å². The molecule has 3 aliphatic rings. The Kier molecular flexibility index (Phi) is 4.38. The van der Waals surface area contributed by atoms with Crippen LogP contribution in [-0.4, -0.2) is 16.3 Å². The van der Waals surface area contributed by atoms with E-state index in [1.807, 2.05) is 12.1 Å². The van der Waals surface area contributed by atoms with Crippen LogP contribution in [0.4, 0.5) is 0 Å². The van der Waals surface area contributed by atoms with Crippen molar-refractivity contribution in [3.05, 3.63) is 29.3 Å². The number of aryl methyl sites for hydroxylation is 1. The van der Waals surface area contributed by atoms with E-state index in [0.29, 0.717) is 17.6 Å². The van der Waals surface area contributed by atoms with Crippen LogP contribution in [0.2, 0.25) is 0 Å². The van der Waals surface area contributed by atoms with Gasteiger partial charge in [-0.3, -0.25) is 0 Å². The number of aliphatic hydroxyl groups is 1. The third kappa shape index (κ3) is 2.64. The van der Waals surface area contributed by atoms with Crippen LogP contribution in [0.3, 0.4) is 0 Å². The molecule has 0 aromatic heterocycles. The highest BCUT2D eigenvalue weighted by molar-refractivity contribution is 5.40. The van der Waals surface area contributed by atoms with E-state index < -0.39 is 0 Å². The molecule has 3 aliphatic carbocycles. The molecule has 124 valence electrons. The van der Waals surface area contributed by atoms with Crippen molar-refractivity contribution < 1.29 is 10.2 Å². The highest BCUT2D eigenvalue weighted by atomic mass is 16.3. The van der Waals surface area contributed by atoms with Crippen LogP contribution in [-0.2, 0) is 6.42 Å².